The number of nitrogens with one attached hydrogen (secondary N) is 3. The first-order valence-electron chi connectivity index (χ1n) is 6.73. The summed E-state index contributed by atoms with van der Waals surface area (Å²) >= 11 is 0. The van der Waals surface area contributed by atoms with Crippen molar-refractivity contribution in [2.45, 2.75) is 13.8 Å². The topological polar surface area (TPSA) is 77.0 Å². The Morgan fingerprint density at radius 3 is 2.95 bits per heavy atom. The van der Waals surface area contributed by atoms with Gasteiger partial charge in [-0.3, -0.25) is 10.5 Å². The van der Waals surface area contributed by atoms with Crippen LogP contribution in [-0.4, -0.2) is 47.2 Å². The summed E-state index contributed by atoms with van der Waals surface area (Å²) < 4.78 is 5.28. The van der Waals surface area contributed by atoms with Crippen molar-refractivity contribution in [2.24, 2.45) is 0 Å². The summed E-state index contributed by atoms with van der Waals surface area (Å²) in [6.07, 6.45) is 5.72. The lowest BCUT2D eigenvalue weighted by Gasteiger charge is -2.27. The van der Waals surface area contributed by atoms with E-state index >= 15 is 0 Å². The number of hydrogen-bond donors (Lipinski definition) is 3. The van der Waals surface area contributed by atoms with Gasteiger partial charge in [-0.2, -0.15) is 5.10 Å². The summed E-state index contributed by atoms with van der Waals surface area (Å²) in [7, 11) is 0. The largest absolute Gasteiger partial charge is 0.378 e. The molecule has 6 nitrogen and oxygen atoms in total. The van der Waals surface area contributed by atoms with Crippen molar-refractivity contribution in [2.75, 3.05) is 31.6 Å². The van der Waals surface area contributed by atoms with Gasteiger partial charge in [0.2, 0.25) is 0 Å². The number of morpholine rings is 1. The van der Waals surface area contributed by atoms with Crippen molar-refractivity contribution in [3.05, 3.63) is 29.6 Å². The summed E-state index contributed by atoms with van der Waals surface area (Å²) in [6.45, 7) is 6.82. The minimum Gasteiger partial charge on any atom is -0.378 e. The van der Waals surface area contributed by atoms with E-state index in [1.807, 2.05) is 43.0 Å². The third-order valence-electron chi connectivity index (χ3n) is 2.97. The molecule has 1 fully saturated rings. The van der Waals surface area contributed by atoms with Crippen LogP contribution >= 0.6 is 0 Å². The fourth-order valence-corrected chi connectivity index (χ4v) is 2.00. The van der Waals surface area contributed by atoms with Crippen LogP contribution in [0.5, 0.6) is 0 Å². The molecule has 0 spiro atoms. The highest BCUT2D eigenvalue weighted by atomic mass is 16.5. The number of hydrogen-bond acceptors (Lipinski definition) is 4. The van der Waals surface area contributed by atoms with Gasteiger partial charge in [-0.25, -0.2) is 0 Å². The molecule has 0 saturated carbocycles. The Hall–Kier alpha value is -2.08. The predicted molar refractivity (Wildman–Crippen MR) is 80.8 cm³/mol. The SMILES string of the molecule is C/C=C/c1cc(N/C(C)=C/C(=N)N2CCOCC2)n[nH]1. The molecular weight excluding hydrogens is 254 g/mol. The maximum absolute atomic E-state index is 8.07. The molecule has 0 bridgehead atoms. The molecular formula is C14H21N5O. The van der Waals surface area contributed by atoms with Crippen LogP contribution in [0.25, 0.3) is 6.08 Å². The smallest absolute Gasteiger partial charge is 0.152 e. The number of rotatable bonds is 4. The van der Waals surface area contributed by atoms with E-state index in [4.69, 9.17) is 10.1 Å². The predicted octanol–water partition coefficient (Wildman–Crippen LogP) is 2.07. The zero-order chi connectivity index (χ0) is 14.4. The van der Waals surface area contributed by atoms with E-state index in [0.29, 0.717) is 19.0 Å². The number of ether oxygens (including phenoxy) is 1. The lowest BCUT2D eigenvalue weighted by atomic mass is 10.3. The van der Waals surface area contributed by atoms with E-state index in [-0.39, 0.29) is 0 Å². The number of aromatic nitrogens is 2. The first-order valence-corrected chi connectivity index (χ1v) is 6.73. The Morgan fingerprint density at radius 2 is 2.25 bits per heavy atom. The average molecular weight is 275 g/mol. The van der Waals surface area contributed by atoms with Crippen LogP contribution in [0.2, 0.25) is 0 Å². The molecule has 1 saturated heterocycles. The van der Waals surface area contributed by atoms with Crippen LogP contribution in [-0.2, 0) is 4.74 Å². The quantitative estimate of drug-likeness (QED) is 0.580. The Kier molecular flexibility index (Phi) is 4.95. The van der Waals surface area contributed by atoms with Gasteiger partial charge < -0.3 is 15.0 Å². The van der Waals surface area contributed by atoms with Crippen molar-refractivity contribution in [3.63, 3.8) is 0 Å². The highest BCUT2D eigenvalue weighted by Crippen LogP contribution is 2.10. The first kappa shape index (κ1) is 14.3. The third kappa shape index (κ3) is 3.96. The molecule has 2 heterocycles. The zero-order valence-electron chi connectivity index (χ0n) is 11.9. The van der Waals surface area contributed by atoms with Crippen LogP contribution in [0, 0.1) is 5.41 Å². The van der Waals surface area contributed by atoms with Crippen LogP contribution in [0.1, 0.15) is 19.5 Å². The summed E-state index contributed by atoms with van der Waals surface area (Å²) in [5.41, 5.74) is 1.84. The number of aromatic amines is 1. The molecule has 0 atom stereocenters. The second-order valence-corrected chi connectivity index (χ2v) is 4.65. The van der Waals surface area contributed by atoms with E-state index in [2.05, 4.69) is 15.5 Å². The molecule has 0 unspecified atom stereocenters. The van der Waals surface area contributed by atoms with Crippen LogP contribution in [0.3, 0.4) is 0 Å². The molecule has 2 rings (SSSR count). The number of allylic oxidation sites excluding steroid dienone is 2. The minimum atomic E-state index is 0.502. The van der Waals surface area contributed by atoms with Gasteiger partial charge in [0, 0.05) is 24.9 Å². The van der Waals surface area contributed by atoms with E-state index in [1.165, 1.54) is 0 Å². The van der Waals surface area contributed by atoms with E-state index in [0.717, 1.165) is 30.3 Å². The molecule has 6 heteroatoms. The van der Waals surface area contributed by atoms with E-state index in [9.17, 15) is 0 Å². The maximum atomic E-state index is 8.07. The van der Waals surface area contributed by atoms with Gasteiger partial charge in [-0.1, -0.05) is 6.08 Å². The van der Waals surface area contributed by atoms with Crippen molar-refractivity contribution in [3.8, 4) is 0 Å². The van der Waals surface area contributed by atoms with Crippen molar-refractivity contribution >= 4 is 17.7 Å². The maximum Gasteiger partial charge on any atom is 0.152 e. The molecule has 3 N–H and O–H groups in total. The third-order valence-corrected chi connectivity index (χ3v) is 2.97. The van der Waals surface area contributed by atoms with Crippen LogP contribution in [0.15, 0.2) is 23.9 Å². The fourth-order valence-electron chi connectivity index (χ4n) is 2.00. The fraction of sp³-hybridized carbons (Fsp3) is 0.429. The summed E-state index contributed by atoms with van der Waals surface area (Å²) in [5, 5.41) is 18.3. The summed E-state index contributed by atoms with van der Waals surface area (Å²) in [5.74, 6) is 1.25. The standard InChI is InChI=1S/C14H21N5O/c1-3-4-12-10-14(18-17-12)16-11(2)9-13(15)19-5-7-20-8-6-19/h3-4,9-10,15H,5-8H2,1-2H3,(H2,16,17,18)/b4-3+,11-9+,15-13?. The monoisotopic (exact) mass is 275 g/mol. The Balaban J connectivity index is 1.93. The number of anilines is 1. The molecule has 20 heavy (non-hydrogen) atoms. The lowest BCUT2D eigenvalue weighted by molar-refractivity contribution is 0.0681. The number of amidine groups is 1. The van der Waals surface area contributed by atoms with Crippen molar-refractivity contribution in [1.82, 2.24) is 15.1 Å². The average Bonchev–Trinajstić information content (AvgIpc) is 2.87. The molecule has 0 aliphatic carbocycles. The van der Waals surface area contributed by atoms with Gasteiger partial charge in [-0.15, -0.1) is 0 Å². The Labute approximate surface area is 119 Å². The van der Waals surface area contributed by atoms with Gasteiger partial charge in [0.15, 0.2) is 5.82 Å². The lowest BCUT2D eigenvalue weighted by Crippen LogP contribution is -2.39. The molecule has 0 aromatic carbocycles. The molecule has 1 aromatic heterocycles. The normalized spacial score (nSPS) is 16.7. The van der Waals surface area contributed by atoms with Crippen molar-refractivity contribution in [1.29, 1.82) is 5.41 Å². The van der Waals surface area contributed by atoms with E-state index < -0.39 is 0 Å². The Morgan fingerprint density at radius 1 is 1.50 bits per heavy atom. The minimum absolute atomic E-state index is 0.502. The molecule has 1 aliphatic heterocycles. The molecule has 108 valence electrons. The van der Waals surface area contributed by atoms with Crippen LogP contribution < -0.4 is 5.32 Å². The number of H-pyrrole nitrogens is 1. The first-order chi connectivity index (χ1) is 9.69. The van der Waals surface area contributed by atoms with Gasteiger partial charge in [0.25, 0.3) is 0 Å². The van der Waals surface area contributed by atoms with E-state index in [1.54, 1.807) is 0 Å². The summed E-state index contributed by atoms with van der Waals surface area (Å²) in [6, 6.07) is 1.93. The van der Waals surface area contributed by atoms with Gasteiger partial charge in [0.05, 0.1) is 18.9 Å². The highest BCUT2D eigenvalue weighted by molar-refractivity contribution is 5.91. The highest BCUT2D eigenvalue weighted by Gasteiger charge is 2.12. The molecule has 0 amide bonds. The molecule has 0 radical (unpaired) electrons. The molecule has 1 aromatic rings. The second-order valence-electron chi connectivity index (χ2n) is 4.65. The second kappa shape index (κ2) is 6.91. The van der Waals surface area contributed by atoms with Crippen LogP contribution in [0.4, 0.5) is 5.82 Å². The zero-order valence-corrected chi connectivity index (χ0v) is 11.9. The Bertz CT molecular complexity index is 511. The van der Waals surface area contributed by atoms with Gasteiger partial charge >= 0.3 is 0 Å². The molecule has 1 aliphatic rings. The van der Waals surface area contributed by atoms with Gasteiger partial charge in [-0.05, 0) is 26.0 Å². The number of nitrogens with zero attached hydrogens (tertiary/aromatic N) is 2. The van der Waals surface area contributed by atoms with Gasteiger partial charge in [0.1, 0.15) is 5.84 Å². The summed E-state index contributed by atoms with van der Waals surface area (Å²) in [4.78, 5) is 2.00. The van der Waals surface area contributed by atoms with Crippen molar-refractivity contribution < 1.29 is 4.74 Å².